The first-order chi connectivity index (χ1) is 18.9. The second-order valence-corrected chi connectivity index (χ2v) is 9.56. The Balaban J connectivity index is 1.55. The van der Waals surface area contributed by atoms with E-state index >= 15 is 0 Å². The molecule has 0 aliphatic carbocycles. The molecule has 0 bridgehead atoms. The quantitative estimate of drug-likeness (QED) is 0.160. The van der Waals surface area contributed by atoms with Gasteiger partial charge in [-0.25, -0.2) is 9.59 Å². The van der Waals surface area contributed by atoms with E-state index in [-0.39, 0.29) is 11.2 Å². The Morgan fingerprint density at radius 1 is 0.795 bits per heavy atom. The van der Waals surface area contributed by atoms with Crippen LogP contribution in [0, 0.1) is 0 Å². The molecule has 0 amide bonds. The van der Waals surface area contributed by atoms with Gasteiger partial charge in [-0.3, -0.25) is 0 Å². The minimum absolute atomic E-state index is 0.269. The summed E-state index contributed by atoms with van der Waals surface area (Å²) in [6.07, 6.45) is 10.6. The Bertz CT molecular complexity index is 1540. The van der Waals surface area contributed by atoms with Crippen LogP contribution in [0.2, 0.25) is 0 Å². The van der Waals surface area contributed by atoms with Crippen LogP contribution in [0.3, 0.4) is 0 Å². The van der Waals surface area contributed by atoms with E-state index in [0.29, 0.717) is 11.1 Å². The summed E-state index contributed by atoms with van der Waals surface area (Å²) >= 11 is 0. The summed E-state index contributed by atoms with van der Waals surface area (Å²) in [5.74, 6) is -0.933. The average Bonchev–Trinajstić information content (AvgIpc) is 2.95. The van der Waals surface area contributed by atoms with Crippen molar-refractivity contribution in [2.75, 3.05) is 18.0 Å². The smallest absolute Gasteiger partial charge is 0.343 e. The molecular weight excluding hydrogens is 486 g/mol. The van der Waals surface area contributed by atoms with Crippen LogP contribution in [0.25, 0.3) is 35.3 Å². The first-order valence-corrected chi connectivity index (χ1v) is 13.6. The number of carbonyl (C=O) groups is 1. The minimum atomic E-state index is -0.933. The number of anilines is 1. The van der Waals surface area contributed by atoms with Crippen molar-refractivity contribution < 1.29 is 14.3 Å². The average molecular weight is 522 g/mol. The number of fused-ring (bicyclic) bond motifs is 1. The summed E-state index contributed by atoms with van der Waals surface area (Å²) in [5.41, 5.74) is 6.18. The minimum Gasteiger partial charge on any atom is -0.478 e. The van der Waals surface area contributed by atoms with Gasteiger partial charge in [0.2, 0.25) is 0 Å². The molecule has 4 rings (SSSR count). The molecule has 0 aliphatic rings. The molecule has 1 N–H and O–H groups in total. The number of aryl methyl sites for hydroxylation is 1. The largest absolute Gasteiger partial charge is 0.478 e. The molecule has 0 radical (unpaired) electrons. The summed E-state index contributed by atoms with van der Waals surface area (Å²) < 4.78 is 5.81. The van der Waals surface area contributed by atoms with E-state index in [9.17, 15) is 9.59 Å². The number of hydrogen-bond acceptors (Lipinski definition) is 4. The zero-order valence-corrected chi connectivity index (χ0v) is 22.8. The second-order valence-electron chi connectivity index (χ2n) is 9.56. The fraction of sp³-hybridized carbons (Fsp3) is 0.235. The highest BCUT2D eigenvalue weighted by Crippen LogP contribution is 2.27. The molecule has 1 aromatic heterocycles. The van der Waals surface area contributed by atoms with Crippen molar-refractivity contribution in [2.45, 2.75) is 40.0 Å². The maximum atomic E-state index is 13.0. The van der Waals surface area contributed by atoms with Gasteiger partial charge in [-0.15, -0.1) is 0 Å². The molecule has 0 spiro atoms. The molecule has 3 aromatic carbocycles. The number of carboxylic acids is 1. The highest BCUT2D eigenvalue weighted by molar-refractivity contribution is 5.88. The SMILES string of the molecule is CCCN(CCC)c1ccc2c(CC)c(/C=C/c3ccc(/C=C/c4ccc(C(=O)O)cc4)cc3)c(=O)oc2c1. The monoisotopic (exact) mass is 521 g/mol. The van der Waals surface area contributed by atoms with Crippen LogP contribution >= 0.6 is 0 Å². The number of carboxylic acid groups (broad SMARTS) is 1. The zero-order valence-electron chi connectivity index (χ0n) is 22.8. The summed E-state index contributed by atoms with van der Waals surface area (Å²) in [4.78, 5) is 26.4. The van der Waals surface area contributed by atoms with Gasteiger partial charge < -0.3 is 14.4 Å². The highest BCUT2D eigenvalue weighted by atomic mass is 16.4. The lowest BCUT2D eigenvalue weighted by Crippen LogP contribution is -2.24. The Kier molecular flexibility index (Phi) is 9.16. The third-order valence-corrected chi connectivity index (χ3v) is 6.75. The van der Waals surface area contributed by atoms with Gasteiger partial charge in [0, 0.05) is 30.2 Å². The molecule has 0 saturated carbocycles. The summed E-state index contributed by atoms with van der Waals surface area (Å²) in [5, 5.41) is 10.0. The van der Waals surface area contributed by atoms with Gasteiger partial charge in [-0.05, 0) is 71.9 Å². The van der Waals surface area contributed by atoms with Crippen molar-refractivity contribution >= 4 is 46.9 Å². The second kappa shape index (κ2) is 12.9. The van der Waals surface area contributed by atoms with Gasteiger partial charge in [0.25, 0.3) is 0 Å². The van der Waals surface area contributed by atoms with Crippen molar-refractivity contribution in [3.05, 3.63) is 111 Å². The van der Waals surface area contributed by atoms with E-state index in [0.717, 1.165) is 65.7 Å². The van der Waals surface area contributed by atoms with Gasteiger partial charge in [0.15, 0.2) is 0 Å². The van der Waals surface area contributed by atoms with E-state index in [4.69, 9.17) is 9.52 Å². The molecule has 39 heavy (non-hydrogen) atoms. The Morgan fingerprint density at radius 3 is 1.85 bits per heavy atom. The first-order valence-electron chi connectivity index (χ1n) is 13.6. The van der Waals surface area contributed by atoms with E-state index in [1.807, 2.05) is 54.6 Å². The van der Waals surface area contributed by atoms with Crippen molar-refractivity contribution in [3.8, 4) is 0 Å². The summed E-state index contributed by atoms with van der Waals surface area (Å²) in [6.45, 7) is 8.35. The Morgan fingerprint density at radius 2 is 1.33 bits per heavy atom. The van der Waals surface area contributed by atoms with Crippen LogP contribution in [0.15, 0.2) is 75.9 Å². The molecule has 0 fully saturated rings. The third kappa shape index (κ3) is 6.74. The molecule has 0 atom stereocenters. The Labute approximate surface area is 229 Å². The molecule has 0 aliphatic heterocycles. The lowest BCUT2D eigenvalue weighted by Gasteiger charge is -2.24. The van der Waals surface area contributed by atoms with Crippen molar-refractivity contribution in [3.63, 3.8) is 0 Å². The lowest BCUT2D eigenvalue weighted by molar-refractivity contribution is 0.0697. The molecule has 200 valence electrons. The fourth-order valence-corrected chi connectivity index (χ4v) is 4.75. The van der Waals surface area contributed by atoms with E-state index in [1.165, 1.54) is 0 Å². The fourth-order valence-electron chi connectivity index (χ4n) is 4.75. The zero-order chi connectivity index (χ0) is 27.8. The van der Waals surface area contributed by atoms with Gasteiger partial charge >= 0.3 is 11.6 Å². The van der Waals surface area contributed by atoms with Crippen LogP contribution in [0.1, 0.15) is 71.8 Å². The van der Waals surface area contributed by atoms with Crippen LogP contribution in [0.4, 0.5) is 5.69 Å². The van der Waals surface area contributed by atoms with Crippen molar-refractivity contribution in [1.29, 1.82) is 0 Å². The van der Waals surface area contributed by atoms with Gasteiger partial charge in [0.1, 0.15) is 5.58 Å². The van der Waals surface area contributed by atoms with Crippen LogP contribution in [-0.2, 0) is 6.42 Å². The predicted molar refractivity (Wildman–Crippen MR) is 162 cm³/mol. The van der Waals surface area contributed by atoms with Gasteiger partial charge in [-0.1, -0.05) is 75.4 Å². The number of benzene rings is 3. The molecular formula is C34H35NO4. The molecule has 4 aromatic rings. The van der Waals surface area contributed by atoms with Crippen LogP contribution < -0.4 is 10.5 Å². The van der Waals surface area contributed by atoms with E-state index in [2.05, 4.69) is 37.8 Å². The molecule has 5 nitrogen and oxygen atoms in total. The number of aromatic carboxylic acids is 1. The molecule has 1 heterocycles. The standard InChI is InChI=1S/C34H35NO4/c1-4-21-35(22-5-2)28-18-20-30-29(6-3)31(34(38)39-32(30)23-28)19-15-25-10-7-24(8-11-25)9-12-26-13-16-27(17-14-26)33(36)37/h7-20,23H,4-6,21-22H2,1-3H3,(H,36,37)/b12-9+,19-15+. The van der Waals surface area contributed by atoms with Gasteiger partial charge in [0.05, 0.1) is 11.1 Å². The number of nitrogens with zero attached hydrogens (tertiary/aromatic N) is 1. The number of hydrogen-bond donors (Lipinski definition) is 1. The Hall–Kier alpha value is -4.38. The van der Waals surface area contributed by atoms with E-state index < -0.39 is 5.97 Å². The topological polar surface area (TPSA) is 70.8 Å². The first kappa shape index (κ1) is 27.6. The van der Waals surface area contributed by atoms with Crippen molar-refractivity contribution in [1.82, 2.24) is 0 Å². The lowest BCUT2D eigenvalue weighted by atomic mass is 10.0. The number of rotatable bonds is 11. The van der Waals surface area contributed by atoms with E-state index in [1.54, 1.807) is 24.3 Å². The summed E-state index contributed by atoms with van der Waals surface area (Å²) in [6, 6.07) is 21.0. The van der Waals surface area contributed by atoms with Crippen molar-refractivity contribution in [2.24, 2.45) is 0 Å². The summed E-state index contributed by atoms with van der Waals surface area (Å²) in [7, 11) is 0. The van der Waals surface area contributed by atoms with Crippen LogP contribution in [0.5, 0.6) is 0 Å². The third-order valence-electron chi connectivity index (χ3n) is 6.75. The molecule has 0 unspecified atom stereocenters. The van der Waals surface area contributed by atoms with Crippen LogP contribution in [-0.4, -0.2) is 24.2 Å². The molecule has 5 heteroatoms. The normalized spacial score (nSPS) is 11.6. The predicted octanol–water partition coefficient (Wildman–Crippen LogP) is 8.02. The molecule has 0 saturated heterocycles. The maximum absolute atomic E-state index is 13.0. The maximum Gasteiger partial charge on any atom is 0.343 e. The van der Waals surface area contributed by atoms with Gasteiger partial charge in [-0.2, -0.15) is 0 Å². The highest BCUT2D eigenvalue weighted by Gasteiger charge is 2.14.